The van der Waals surface area contributed by atoms with E-state index in [0.29, 0.717) is 49.4 Å². The van der Waals surface area contributed by atoms with Crippen molar-refractivity contribution < 1.29 is 66.7 Å². The predicted molar refractivity (Wildman–Crippen MR) is 272 cm³/mol. The summed E-state index contributed by atoms with van der Waals surface area (Å²) in [4.78, 5) is 91.8. The van der Waals surface area contributed by atoms with Crippen LogP contribution in [0.3, 0.4) is 0 Å². The number of rotatable bonds is 32. The molecule has 0 aromatic heterocycles. The molecule has 4 aliphatic carbocycles. The first-order valence-corrected chi connectivity index (χ1v) is 28.6. The number of hydrogen-bond donors (Lipinski definition) is 0. The fraction of sp³-hybridized carbons (Fsp3) is 0.877. The van der Waals surface area contributed by atoms with E-state index in [0.717, 1.165) is 77.0 Å². The van der Waals surface area contributed by atoms with E-state index in [4.69, 9.17) is 33.2 Å². The summed E-state index contributed by atoms with van der Waals surface area (Å²) in [7, 11) is 0. The van der Waals surface area contributed by atoms with Crippen LogP contribution in [0.5, 0.6) is 0 Å². The molecule has 0 spiro atoms. The van der Waals surface area contributed by atoms with Crippen molar-refractivity contribution in [3.63, 3.8) is 0 Å². The summed E-state index contributed by atoms with van der Waals surface area (Å²) in [6.45, 7) is 5.23. The fourth-order valence-electron chi connectivity index (χ4n) is 10.6. The van der Waals surface area contributed by atoms with Crippen LogP contribution in [0.1, 0.15) is 226 Å². The van der Waals surface area contributed by atoms with Gasteiger partial charge in [-0.1, -0.05) is 128 Å². The van der Waals surface area contributed by atoms with Crippen LogP contribution in [0, 0.1) is 35.5 Å². The molecule has 4 aliphatic rings. The number of carbonyl (C=O) groups is 7. The molecule has 0 saturated heterocycles. The molecule has 15 heteroatoms. The Morgan fingerprint density at radius 1 is 0.375 bits per heavy atom. The van der Waals surface area contributed by atoms with Crippen LogP contribution in [-0.4, -0.2) is 105 Å². The van der Waals surface area contributed by atoms with E-state index < -0.39 is 35.5 Å². The number of nitrogens with zero attached hydrogens (tertiary/aromatic N) is 1. The lowest BCUT2D eigenvalue weighted by Crippen LogP contribution is -2.38. The Labute approximate surface area is 432 Å². The monoisotopic (exact) mass is 1020 g/mol. The maximum atomic E-state index is 13.3. The van der Waals surface area contributed by atoms with Gasteiger partial charge in [0, 0.05) is 51.6 Å². The first kappa shape index (κ1) is 60.6. The van der Waals surface area contributed by atoms with Crippen LogP contribution in [0.2, 0.25) is 0 Å². The zero-order valence-corrected chi connectivity index (χ0v) is 44.9. The van der Waals surface area contributed by atoms with Crippen molar-refractivity contribution in [3.8, 4) is 0 Å². The standard InChI is InChI=1S/C57H95NO14/c1-57(2,3)72-56(65)58(36-16-26-50(59)66-38-48(40-68-52(61)32-28-44-18-8-4-9-19-44)41-69-53(62)33-29-45-20-10-5-11-21-45)37-17-27-51(60)67-39-49(42-70-54(63)34-30-46-22-12-6-13-23-46)43-71-55(64)35-31-47-24-14-7-15-25-47/h44-49H,4-43H2,1-3H3. The summed E-state index contributed by atoms with van der Waals surface area (Å²) in [6, 6.07) is 0. The van der Waals surface area contributed by atoms with E-state index in [2.05, 4.69) is 0 Å². The smallest absolute Gasteiger partial charge is 0.410 e. The lowest BCUT2D eigenvalue weighted by molar-refractivity contribution is -0.156. The van der Waals surface area contributed by atoms with Gasteiger partial charge in [-0.25, -0.2) is 4.79 Å². The largest absolute Gasteiger partial charge is 0.465 e. The van der Waals surface area contributed by atoms with Gasteiger partial charge >= 0.3 is 41.9 Å². The first-order valence-electron chi connectivity index (χ1n) is 28.6. The average Bonchev–Trinajstić information content (AvgIpc) is 3.38. The molecule has 0 N–H and O–H groups in total. The Hall–Kier alpha value is -3.91. The molecule has 0 unspecified atom stereocenters. The lowest BCUT2D eigenvalue weighted by Gasteiger charge is -2.27. The van der Waals surface area contributed by atoms with Crippen LogP contribution in [0.15, 0.2) is 0 Å². The van der Waals surface area contributed by atoms with Gasteiger partial charge in [-0.2, -0.15) is 0 Å². The number of hydrogen-bond acceptors (Lipinski definition) is 14. The van der Waals surface area contributed by atoms with E-state index in [1.54, 1.807) is 20.8 Å². The zero-order chi connectivity index (χ0) is 51.8. The van der Waals surface area contributed by atoms with Crippen molar-refractivity contribution in [1.82, 2.24) is 4.90 Å². The molecule has 0 heterocycles. The van der Waals surface area contributed by atoms with Gasteiger partial charge in [-0.15, -0.1) is 0 Å². The van der Waals surface area contributed by atoms with Gasteiger partial charge in [0.15, 0.2) is 0 Å². The van der Waals surface area contributed by atoms with Gasteiger partial charge < -0.3 is 38.1 Å². The maximum Gasteiger partial charge on any atom is 0.410 e. The summed E-state index contributed by atoms with van der Waals surface area (Å²) >= 11 is 0. The SMILES string of the molecule is CC(C)(C)OC(=O)N(CCCC(=O)OCC(COC(=O)CCC1CCCCC1)COC(=O)CCC1CCCCC1)CCCC(=O)OCC(COC(=O)CCC1CCCCC1)COC(=O)CCC1CCCCC1. The topological polar surface area (TPSA) is 187 Å². The van der Waals surface area contributed by atoms with Crippen LogP contribution in [-0.2, 0) is 61.9 Å². The second-order valence-corrected chi connectivity index (χ2v) is 22.7. The molecule has 412 valence electrons. The van der Waals surface area contributed by atoms with Crippen molar-refractivity contribution in [2.75, 3.05) is 52.7 Å². The van der Waals surface area contributed by atoms with E-state index in [-0.39, 0.29) is 102 Å². The molecule has 0 atom stereocenters. The molecule has 0 bridgehead atoms. The van der Waals surface area contributed by atoms with Gasteiger partial charge in [-0.05, 0) is 83.0 Å². The van der Waals surface area contributed by atoms with Crippen molar-refractivity contribution in [3.05, 3.63) is 0 Å². The molecular formula is C57H95NO14. The second kappa shape index (κ2) is 35.3. The Morgan fingerprint density at radius 3 is 0.847 bits per heavy atom. The predicted octanol–water partition coefficient (Wildman–Crippen LogP) is 11.7. The van der Waals surface area contributed by atoms with Crippen LogP contribution >= 0.6 is 0 Å². The summed E-state index contributed by atoms with van der Waals surface area (Å²) in [6.07, 6.45) is 28.0. The molecule has 15 nitrogen and oxygen atoms in total. The minimum absolute atomic E-state index is 0.0197. The van der Waals surface area contributed by atoms with Crippen molar-refractivity contribution >= 4 is 41.9 Å². The highest BCUT2D eigenvalue weighted by molar-refractivity contribution is 5.72. The van der Waals surface area contributed by atoms with Crippen LogP contribution in [0.4, 0.5) is 4.79 Å². The Bertz CT molecular complexity index is 1410. The number of esters is 6. The Morgan fingerprint density at radius 2 is 0.611 bits per heavy atom. The molecular weight excluding hydrogens is 923 g/mol. The molecule has 0 radical (unpaired) electrons. The molecule has 4 rings (SSSR count). The second-order valence-electron chi connectivity index (χ2n) is 22.7. The Balaban J connectivity index is 1.22. The number of ether oxygens (including phenoxy) is 7. The van der Waals surface area contributed by atoms with Crippen molar-refractivity contribution in [1.29, 1.82) is 0 Å². The highest BCUT2D eigenvalue weighted by Crippen LogP contribution is 2.30. The summed E-state index contributed by atoms with van der Waals surface area (Å²) in [5.41, 5.74) is -0.783. The number of amides is 1. The molecule has 4 fully saturated rings. The van der Waals surface area contributed by atoms with Crippen LogP contribution in [0.25, 0.3) is 0 Å². The minimum atomic E-state index is -0.783. The van der Waals surface area contributed by atoms with Gasteiger partial charge in [0.2, 0.25) is 0 Å². The van der Waals surface area contributed by atoms with Crippen molar-refractivity contribution in [2.24, 2.45) is 35.5 Å². The number of carbonyl (C=O) groups excluding carboxylic acids is 7. The third kappa shape index (κ3) is 28.5. The van der Waals surface area contributed by atoms with E-state index >= 15 is 0 Å². The third-order valence-corrected chi connectivity index (χ3v) is 15.1. The zero-order valence-electron chi connectivity index (χ0n) is 44.9. The molecule has 1 amide bonds. The lowest BCUT2D eigenvalue weighted by atomic mass is 9.86. The fourth-order valence-corrected chi connectivity index (χ4v) is 10.6. The van der Waals surface area contributed by atoms with E-state index in [1.807, 2.05) is 0 Å². The molecule has 72 heavy (non-hydrogen) atoms. The molecule has 4 saturated carbocycles. The van der Waals surface area contributed by atoms with E-state index in [9.17, 15) is 33.6 Å². The van der Waals surface area contributed by atoms with Crippen molar-refractivity contribution in [2.45, 2.75) is 232 Å². The molecule has 0 aliphatic heterocycles. The van der Waals surface area contributed by atoms with Crippen LogP contribution < -0.4 is 0 Å². The molecule has 0 aromatic carbocycles. The Kier molecular flexibility index (Phi) is 29.7. The normalized spacial score (nSPS) is 17.5. The highest BCUT2D eigenvalue weighted by Gasteiger charge is 2.26. The molecule has 0 aromatic rings. The summed E-state index contributed by atoms with van der Waals surface area (Å²) in [5, 5.41) is 0. The summed E-state index contributed by atoms with van der Waals surface area (Å²) in [5.74, 6) is -1.18. The quantitative estimate of drug-likeness (QED) is 0.0457. The van der Waals surface area contributed by atoms with Gasteiger partial charge in [-0.3, -0.25) is 28.8 Å². The van der Waals surface area contributed by atoms with Gasteiger partial charge in [0.1, 0.15) is 45.2 Å². The van der Waals surface area contributed by atoms with Gasteiger partial charge in [0.25, 0.3) is 0 Å². The first-order chi connectivity index (χ1) is 34.7. The highest BCUT2D eigenvalue weighted by atomic mass is 16.6. The summed E-state index contributed by atoms with van der Waals surface area (Å²) < 4.78 is 39.4. The maximum absolute atomic E-state index is 13.3. The van der Waals surface area contributed by atoms with E-state index in [1.165, 1.54) is 81.9 Å². The average molecular weight is 1020 g/mol. The minimum Gasteiger partial charge on any atom is -0.465 e. The third-order valence-electron chi connectivity index (χ3n) is 15.1. The van der Waals surface area contributed by atoms with Gasteiger partial charge in [0.05, 0.1) is 11.8 Å².